The van der Waals surface area contributed by atoms with Crippen molar-refractivity contribution in [3.05, 3.63) is 23.3 Å². The van der Waals surface area contributed by atoms with Gasteiger partial charge in [0.1, 0.15) is 5.69 Å². The van der Waals surface area contributed by atoms with Crippen molar-refractivity contribution >= 4 is 22.6 Å². The largest absolute Gasteiger partial charge is 0.475 e. The predicted molar refractivity (Wildman–Crippen MR) is 47.7 cm³/mol. The number of H-pyrrole nitrogens is 1. The Bertz CT molecular complexity index is 395. The maximum atomic E-state index is 10.6. The quantitative estimate of drug-likeness (QED) is 0.721. The Morgan fingerprint density at radius 1 is 1.69 bits per heavy atom. The van der Waals surface area contributed by atoms with E-state index in [-0.39, 0.29) is 5.82 Å². The summed E-state index contributed by atoms with van der Waals surface area (Å²) in [4.78, 5) is 17.2. The first-order valence-corrected chi connectivity index (χ1v) is 4.24. The number of rotatable bonds is 1. The Morgan fingerprint density at radius 2 is 2.46 bits per heavy atom. The highest BCUT2D eigenvalue weighted by molar-refractivity contribution is 6.48. The normalized spacial score (nSPS) is 15.0. The minimum absolute atomic E-state index is 0.0431. The van der Waals surface area contributed by atoms with Gasteiger partial charge in [0.05, 0.1) is 5.03 Å². The first-order chi connectivity index (χ1) is 6.18. The molecule has 2 rings (SSSR count). The van der Waals surface area contributed by atoms with Crippen LogP contribution in [0.3, 0.4) is 0 Å². The Kier molecular flexibility index (Phi) is 1.84. The van der Waals surface area contributed by atoms with Gasteiger partial charge in [-0.15, -0.1) is 0 Å². The van der Waals surface area contributed by atoms with Gasteiger partial charge in [0.25, 0.3) is 0 Å². The van der Waals surface area contributed by atoms with E-state index in [4.69, 9.17) is 16.7 Å². The average Bonchev–Trinajstić information content (AvgIpc) is 2.49. The summed E-state index contributed by atoms with van der Waals surface area (Å²) in [6.07, 6.45) is 3.44. The molecule has 2 N–H and O–H groups in total. The molecular weight excluding hydrogens is 192 g/mol. The third-order valence-electron chi connectivity index (χ3n) is 1.93. The van der Waals surface area contributed by atoms with Gasteiger partial charge in [-0.05, 0) is 12.8 Å². The van der Waals surface area contributed by atoms with Crippen molar-refractivity contribution in [2.24, 2.45) is 0 Å². The van der Waals surface area contributed by atoms with Crippen LogP contribution in [0.5, 0.6) is 0 Å². The van der Waals surface area contributed by atoms with E-state index in [1.54, 1.807) is 0 Å². The molecule has 68 valence electrons. The fraction of sp³-hybridized carbons (Fsp3) is 0.250. The molecule has 0 saturated heterocycles. The molecule has 0 aliphatic heterocycles. The van der Waals surface area contributed by atoms with Crippen LogP contribution in [0.1, 0.15) is 28.4 Å². The summed E-state index contributed by atoms with van der Waals surface area (Å²) in [5, 5.41) is 9.20. The molecule has 0 spiro atoms. The van der Waals surface area contributed by atoms with E-state index >= 15 is 0 Å². The van der Waals surface area contributed by atoms with Crippen molar-refractivity contribution in [1.82, 2.24) is 9.97 Å². The SMILES string of the molecule is O=C(O)c1nc2c([nH]1)CCC=C2Cl. The third-order valence-corrected chi connectivity index (χ3v) is 2.26. The van der Waals surface area contributed by atoms with Gasteiger partial charge in [0, 0.05) is 5.69 Å². The van der Waals surface area contributed by atoms with E-state index in [1.807, 2.05) is 6.08 Å². The van der Waals surface area contributed by atoms with Gasteiger partial charge in [-0.3, -0.25) is 0 Å². The fourth-order valence-electron chi connectivity index (χ4n) is 1.33. The van der Waals surface area contributed by atoms with Gasteiger partial charge in [-0.1, -0.05) is 17.7 Å². The summed E-state index contributed by atoms with van der Waals surface area (Å²) in [5.41, 5.74) is 1.38. The van der Waals surface area contributed by atoms with Crippen LogP contribution in [-0.2, 0) is 6.42 Å². The number of aryl methyl sites for hydroxylation is 1. The van der Waals surface area contributed by atoms with Crippen LogP contribution in [-0.4, -0.2) is 21.0 Å². The van der Waals surface area contributed by atoms with Gasteiger partial charge in [-0.25, -0.2) is 9.78 Å². The first kappa shape index (κ1) is 8.31. The van der Waals surface area contributed by atoms with E-state index in [2.05, 4.69) is 9.97 Å². The molecule has 0 radical (unpaired) electrons. The van der Waals surface area contributed by atoms with Crippen LogP contribution >= 0.6 is 11.6 Å². The molecule has 0 atom stereocenters. The molecule has 0 aromatic carbocycles. The zero-order valence-electron chi connectivity index (χ0n) is 6.67. The number of aromatic carboxylic acids is 1. The summed E-state index contributed by atoms with van der Waals surface area (Å²) in [5.74, 6) is -1.10. The topological polar surface area (TPSA) is 66.0 Å². The van der Waals surface area contributed by atoms with E-state index in [0.717, 1.165) is 18.5 Å². The predicted octanol–water partition coefficient (Wildman–Crippen LogP) is 1.63. The minimum atomic E-state index is -1.06. The van der Waals surface area contributed by atoms with Crippen LogP contribution in [0.4, 0.5) is 0 Å². The zero-order chi connectivity index (χ0) is 9.42. The molecule has 1 aliphatic rings. The minimum Gasteiger partial charge on any atom is -0.475 e. The number of carbonyl (C=O) groups is 1. The van der Waals surface area contributed by atoms with Crippen LogP contribution in [0, 0.1) is 0 Å². The molecule has 0 bridgehead atoms. The highest BCUT2D eigenvalue weighted by Crippen LogP contribution is 2.26. The smallest absolute Gasteiger partial charge is 0.371 e. The monoisotopic (exact) mass is 198 g/mol. The second-order valence-corrected chi connectivity index (χ2v) is 3.22. The molecule has 4 nitrogen and oxygen atoms in total. The summed E-state index contributed by atoms with van der Waals surface area (Å²) >= 11 is 5.85. The molecule has 0 unspecified atom stereocenters. The molecule has 5 heteroatoms. The number of hydrogen-bond acceptors (Lipinski definition) is 2. The van der Waals surface area contributed by atoms with Gasteiger partial charge in [0.15, 0.2) is 0 Å². The number of imidazole rings is 1. The van der Waals surface area contributed by atoms with E-state index in [1.165, 1.54) is 0 Å². The van der Waals surface area contributed by atoms with Gasteiger partial charge in [-0.2, -0.15) is 0 Å². The highest BCUT2D eigenvalue weighted by atomic mass is 35.5. The first-order valence-electron chi connectivity index (χ1n) is 3.86. The van der Waals surface area contributed by atoms with Crippen molar-refractivity contribution in [3.63, 3.8) is 0 Å². The fourth-order valence-corrected chi connectivity index (χ4v) is 1.59. The van der Waals surface area contributed by atoms with Crippen LogP contribution in [0.15, 0.2) is 6.08 Å². The Morgan fingerprint density at radius 3 is 3.08 bits per heavy atom. The summed E-state index contributed by atoms with van der Waals surface area (Å²) < 4.78 is 0. The molecule has 1 aromatic heterocycles. The Labute approximate surface area is 79.2 Å². The lowest BCUT2D eigenvalue weighted by molar-refractivity contribution is 0.0684. The van der Waals surface area contributed by atoms with E-state index in [0.29, 0.717) is 10.7 Å². The van der Waals surface area contributed by atoms with Crippen molar-refractivity contribution < 1.29 is 9.90 Å². The van der Waals surface area contributed by atoms with Gasteiger partial charge >= 0.3 is 5.97 Å². The van der Waals surface area contributed by atoms with Crippen LogP contribution in [0.2, 0.25) is 0 Å². The third kappa shape index (κ3) is 1.33. The lowest BCUT2D eigenvalue weighted by Crippen LogP contribution is -1.98. The van der Waals surface area contributed by atoms with Crippen molar-refractivity contribution in [2.45, 2.75) is 12.8 Å². The number of fused-ring (bicyclic) bond motifs is 1. The number of nitrogens with zero attached hydrogens (tertiary/aromatic N) is 1. The van der Waals surface area contributed by atoms with Crippen molar-refractivity contribution in [3.8, 4) is 0 Å². The summed E-state index contributed by atoms with van der Waals surface area (Å²) in [6.45, 7) is 0. The number of halogens is 1. The zero-order valence-corrected chi connectivity index (χ0v) is 7.43. The molecule has 0 saturated carbocycles. The maximum Gasteiger partial charge on any atom is 0.371 e. The van der Waals surface area contributed by atoms with E-state index < -0.39 is 5.97 Å². The number of aromatic amines is 1. The van der Waals surface area contributed by atoms with Gasteiger partial charge < -0.3 is 10.1 Å². The molecular formula is C8H7ClN2O2. The molecule has 1 heterocycles. The maximum absolute atomic E-state index is 10.6. The van der Waals surface area contributed by atoms with E-state index in [9.17, 15) is 4.79 Å². The second-order valence-electron chi connectivity index (χ2n) is 2.81. The molecule has 0 fully saturated rings. The van der Waals surface area contributed by atoms with Crippen LogP contribution < -0.4 is 0 Å². The van der Waals surface area contributed by atoms with Gasteiger partial charge in [0.2, 0.25) is 5.82 Å². The second kappa shape index (κ2) is 2.88. The van der Waals surface area contributed by atoms with Crippen molar-refractivity contribution in [2.75, 3.05) is 0 Å². The molecule has 13 heavy (non-hydrogen) atoms. The number of aromatic nitrogens is 2. The number of allylic oxidation sites excluding steroid dienone is 1. The number of hydrogen-bond donors (Lipinski definition) is 2. The summed E-state index contributed by atoms with van der Waals surface area (Å²) in [6, 6.07) is 0. The molecule has 1 aromatic rings. The summed E-state index contributed by atoms with van der Waals surface area (Å²) in [7, 11) is 0. The number of carboxylic acid groups (broad SMARTS) is 1. The average molecular weight is 199 g/mol. The van der Waals surface area contributed by atoms with Crippen LogP contribution in [0.25, 0.3) is 5.03 Å². The number of carboxylic acids is 1. The molecule has 1 aliphatic carbocycles. The Balaban J connectivity index is 2.50. The van der Waals surface area contributed by atoms with Crippen molar-refractivity contribution in [1.29, 1.82) is 0 Å². The lowest BCUT2D eigenvalue weighted by Gasteiger charge is -2.04. The standard InChI is InChI=1S/C8H7ClN2O2/c9-4-2-1-3-5-6(4)11-7(10-5)8(12)13/h2H,1,3H2,(H,10,11)(H,12,13). The highest BCUT2D eigenvalue weighted by Gasteiger charge is 2.18. The molecule has 0 amide bonds. The lowest BCUT2D eigenvalue weighted by atomic mass is 10.1. The number of nitrogens with one attached hydrogen (secondary N) is 1. The Hall–Kier alpha value is -1.29.